The molecule has 17 heavy (non-hydrogen) atoms. The maximum absolute atomic E-state index is 11.6. The monoisotopic (exact) mass is 265 g/mol. The van der Waals surface area contributed by atoms with Crippen LogP contribution in [-0.2, 0) is 14.8 Å². The Hall–Kier alpha value is -0.210. The van der Waals surface area contributed by atoms with E-state index < -0.39 is 10.0 Å². The number of nitrogens with zero attached hydrogens (tertiary/aromatic N) is 1. The normalized spacial score (nSPS) is 20.4. The molecule has 0 spiro atoms. The largest absolute Gasteiger partial charge is 0.381 e. The fourth-order valence-corrected chi connectivity index (χ4v) is 3.00. The van der Waals surface area contributed by atoms with Crippen molar-refractivity contribution in [3.8, 4) is 0 Å². The molecule has 0 aromatic carbocycles. The van der Waals surface area contributed by atoms with Gasteiger partial charge in [-0.1, -0.05) is 0 Å². The van der Waals surface area contributed by atoms with Crippen molar-refractivity contribution in [1.82, 2.24) is 14.9 Å². The highest BCUT2D eigenvalue weighted by atomic mass is 32.2. The Balaban J connectivity index is 2.20. The van der Waals surface area contributed by atoms with Crippen molar-refractivity contribution in [3.05, 3.63) is 0 Å². The molecule has 6 nitrogen and oxygen atoms in total. The fraction of sp³-hybridized carbons (Fsp3) is 1.00. The topological polar surface area (TPSA) is 70.7 Å². The molecule has 1 heterocycles. The minimum atomic E-state index is -3.21. The summed E-state index contributed by atoms with van der Waals surface area (Å²) >= 11 is 0. The van der Waals surface area contributed by atoms with E-state index >= 15 is 0 Å². The van der Waals surface area contributed by atoms with Crippen LogP contribution >= 0.6 is 0 Å². The molecule has 1 atom stereocenters. The van der Waals surface area contributed by atoms with E-state index in [9.17, 15) is 8.42 Å². The lowest BCUT2D eigenvalue weighted by Gasteiger charge is -2.27. The summed E-state index contributed by atoms with van der Waals surface area (Å²) in [6.07, 6.45) is -0.272. The van der Waals surface area contributed by atoms with Crippen molar-refractivity contribution in [2.45, 2.75) is 13.0 Å². The van der Waals surface area contributed by atoms with Gasteiger partial charge in [0.05, 0.1) is 11.9 Å². The van der Waals surface area contributed by atoms with Crippen LogP contribution in [0.1, 0.15) is 6.92 Å². The molecule has 0 aromatic rings. The van der Waals surface area contributed by atoms with Crippen molar-refractivity contribution in [2.24, 2.45) is 0 Å². The van der Waals surface area contributed by atoms with Gasteiger partial charge in [0.25, 0.3) is 0 Å². The van der Waals surface area contributed by atoms with Crippen LogP contribution in [0.2, 0.25) is 0 Å². The Morgan fingerprint density at radius 2 is 2.06 bits per heavy atom. The molecule has 0 aliphatic carbocycles. The quantitative estimate of drug-likeness (QED) is 0.608. The minimum Gasteiger partial charge on any atom is -0.381 e. The first-order chi connectivity index (χ1) is 8.03. The number of nitrogens with one attached hydrogen (secondary N) is 2. The van der Waals surface area contributed by atoms with Crippen LogP contribution in [0, 0.1) is 0 Å². The molecule has 0 amide bonds. The van der Waals surface area contributed by atoms with Crippen LogP contribution in [0.4, 0.5) is 0 Å². The molecule has 0 radical (unpaired) electrons. The van der Waals surface area contributed by atoms with Gasteiger partial charge in [0.15, 0.2) is 0 Å². The summed E-state index contributed by atoms with van der Waals surface area (Å²) in [5.41, 5.74) is 0. The summed E-state index contributed by atoms with van der Waals surface area (Å²) in [4.78, 5) is 2.25. The van der Waals surface area contributed by atoms with E-state index in [4.69, 9.17) is 4.74 Å². The van der Waals surface area contributed by atoms with Crippen molar-refractivity contribution in [3.63, 3.8) is 0 Å². The molecule has 0 aromatic heterocycles. The second-order valence-corrected chi connectivity index (χ2v) is 6.17. The second kappa shape index (κ2) is 7.27. The minimum absolute atomic E-state index is 0.0189. The predicted octanol–water partition coefficient (Wildman–Crippen LogP) is -1.15. The summed E-state index contributed by atoms with van der Waals surface area (Å²) in [5, 5.41) is 3.26. The number of hydrogen-bond donors (Lipinski definition) is 2. The van der Waals surface area contributed by atoms with Crippen LogP contribution in [0.15, 0.2) is 0 Å². The maximum Gasteiger partial charge on any atom is 0.214 e. The Bertz CT molecular complexity index is 302. The van der Waals surface area contributed by atoms with Crippen molar-refractivity contribution < 1.29 is 13.2 Å². The smallest absolute Gasteiger partial charge is 0.214 e. The van der Waals surface area contributed by atoms with Crippen molar-refractivity contribution in [2.75, 3.05) is 52.1 Å². The summed E-state index contributed by atoms with van der Waals surface area (Å²) in [6.45, 7) is 6.91. The molecule has 1 saturated heterocycles. The van der Waals surface area contributed by atoms with Crippen molar-refractivity contribution in [1.29, 1.82) is 0 Å². The zero-order valence-electron chi connectivity index (χ0n) is 10.6. The zero-order valence-corrected chi connectivity index (χ0v) is 11.4. The van der Waals surface area contributed by atoms with E-state index in [-0.39, 0.29) is 11.9 Å². The molecule has 0 saturated carbocycles. The van der Waals surface area contributed by atoms with Gasteiger partial charge in [0, 0.05) is 46.4 Å². The number of rotatable bonds is 7. The molecular weight excluding hydrogens is 242 g/mol. The molecule has 1 aliphatic rings. The average molecular weight is 265 g/mol. The lowest BCUT2D eigenvalue weighted by atomic mass is 10.3. The maximum atomic E-state index is 11.6. The molecule has 1 aliphatic heterocycles. The number of hydrogen-bond acceptors (Lipinski definition) is 5. The van der Waals surface area contributed by atoms with Crippen LogP contribution < -0.4 is 10.0 Å². The third-order valence-electron chi connectivity index (χ3n) is 2.82. The number of ether oxygens (including phenoxy) is 1. The van der Waals surface area contributed by atoms with E-state index in [1.165, 1.54) is 7.11 Å². The highest BCUT2D eigenvalue weighted by molar-refractivity contribution is 7.89. The highest BCUT2D eigenvalue weighted by Crippen LogP contribution is 1.95. The third kappa shape index (κ3) is 6.32. The van der Waals surface area contributed by atoms with Crippen LogP contribution in [-0.4, -0.2) is 71.6 Å². The average Bonchev–Trinajstić information content (AvgIpc) is 2.29. The van der Waals surface area contributed by atoms with E-state index in [0.717, 1.165) is 32.7 Å². The molecule has 2 N–H and O–H groups in total. The lowest BCUT2D eigenvalue weighted by Crippen LogP contribution is -2.46. The first-order valence-electron chi connectivity index (χ1n) is 5.97. The molecule has 1 unspecified atom stereocenters. The summed E-state index contributed by atoms with van der Waals surface area (Å²) in [6, 6.07) is 0. The van der Waals surface area contributed by atoms with E-state index in [2.05, 4.69) is 14.9 Å². The van der Waals surface area contributed by atoms with Crippen LogP contribution in [0.25, 0.3) is 0 Å². The Kier molecular flexibility index (Phi) is 6.35. The first-order valence-corrected chi connectivity index (χ1v) is 7.62. The fourth-order valence-electron chi connectivity index (χ4n) is 1.73. The molecule has 7 heteroatoms. The standard InChI is InChI=1S/C10H23N3O3S/c1-10(16-2)9-17(14,15)12-5-8-13-6-3-11-4-7-13/h10-12H,3-9H2,1-2H3. The van der Waals surface area contributed by atoms with Gasteiger partial charge in [0.1, 0.15) is 0 Å². The van der Waals surface area contributed by atoms with Gasteiger partial charge in [-0.15, -0.1) is 0 Å². The lowest BCUT2D eigenvalue weighted by molar-refractivity contribution is 0.136. The predicted molar refractivity (Wildman–Crippen MR) is 67.6 cm³/mol. The zero-order chi connectivity index (χ0) is 12.7. The SMILES string of the molecule is COC(C)CS(=O)(=O)NCCN1CCNCC1. The highest BCUT2D eigenvalue weighted by Gasteiger charge is 2.15. The number of methoxy groups -OCH3 is 1. The van der Waals surface area contributed by atoms with Gasteiger partial charge in [0.2, 0.25) is 10.0 Å². The second-order valence-electron chi connectivity index (χ2n) is 4.31. The number of sulfonamides is 1. The Morgan fingerprint density at radius 1 is 1.41 bits per heavy atom. The van der Waals surface area contributed by atoms with Crippen LogP contribution in [0.5, 0.6) is 0 Å². The van der Waals surface area contributed by atoms with E-state index in [0.29, 0.717) is 6.54 Å². The van der Waals surface area contributed by atoms with Gasteiger partial charge in [-0.25, -0.2) is 13.1 Å². The van der Waals surface area contributed by atoms with Crippen LogP contribution in [0.3, 0.4) is 0 Å². The van der Waals surface area contributed by atoms with Gasteiger partial charge in [-0.05, 0) is 6.92 Å². The van der Waals surface area contributed by atoms with Gasteiger partial charge in [-0.3, -0.25) is 4.90 Å². The summed E-state index contributed by atoms with van der Waals surface area (Å²) < 4.78 is 30.8. The number of piperazine rings is 1. The summed E-state index contributed by atoms with van der Waals surface area (Å²) in [5.74, 6) is 0.0189. The molecule has 0 bridgehead atoms. The Labute approximate surface area is 104 Å². The third-order valence-corrected chi connectivity index (χ3v) is 4.37. The first kappa shape index (κ1) is 14.8. The Morgan fingerprint density at radius 3 is 2.65 bits per heavy atom. The van der Waals surface area contributed by atoms with Gasteiger partial charge < -0.3 is 10.1 Å². The summed E-state index contributed by atoms with van der Waals surface area (Å²) in [7, 11) is -1.70. The molecule has 1 rings (SSSR count). The molecule has 102 valence electrons. The molecule has 1 fully saturated rings. The molecular formula is C10H23N3O3S. The van der Waals surface area contributed by atoms with E-state index in [1.807, 2.05) is 0 Å². The van der Waals surface area contributed by atoms with Gasteiger partial charge >= 0.3 is 0 Å². The van der Waals surface area contributed by atoms with E-state index in [1.54, 1.807) is 6.92 Å². The van der Waals surface area contributed by atoms with Gasteiger partial charge in [-0.2, -0.15) is 0 Å². The van der Waals surface area contributed by atoms with Crippen molar-refractivity contribution >= 4 is 10.0 Å².